The molecule has 1 aromatic heterocycles. The summed E-state index contributed by atoms with van der Waals surface area (Å²) >= 11 is 0. The van der Waals surface area contributed by atoms with E-state index < -0.39 is 11.9 Å². The first-order valence-electron chi connectivity index (χ1n) is 24.5. The molecule has 19 heteroatoms. The zero-order valence-corrected chi connectivity index (χ0v) is 42.5. The average Bonchev–Trinajstić information content (AvgIpc) is 3.45. The summed E-state index contributed by atoms with van der Waals surface area (Å²) in [5.74, 6) is 6.73. The Bertz CT molecular complexity index is 2700. The van der Waals surface area contributed by atoms with Crippen LogP contribution in [-0.4, -0.2) is 80.5 Å². The number of aryl methyl sites for hydroxylation is 1. The number of esters is 2. The van der Waals surface area contributed by atoms with Crippen molar-refractivity contribution in [3.8, 4) is 57.5 Å². The van der Waals surface area contributed by atoms with Crippen molar-refractivity contribution in [1.29, 1.82) is 0 Å². The van der Waals surface area contributed by atoms with E-state index in [0.29, 0.717) is 114 Å². The zero-order valence-electron chi connectivity index (χ0n) is 42.5. The van der Waals surface area contributed by atoms with Gasteiger partial charge in [-0.1, -0.05) is 13.2 Å². The number of ether oxygens (including phenoxy) is 12. The van der Waals surface area contributed by atoms with E-state index in [1.807, 2.05) is 72.8 Å². The van der Waals surface area contributed by atoms with Gasteiger partial charge in [0.05, 0.1) is 26.4 Å². The van der Waals surface area contributed by atoms with E-state index in [1.54, 1.807) is 79.7 Å². The quantitative estimate of drug-likeness (QED) is 0.0166. The van der Waals surface area contributed by atoms with E-state index in [2.05, 4.69) is 38.7 Å². The van der Waals surface area contributed by atoms with Crippen molar-refractivity contribution in [2.45, 2.75) is 32.6 Å². The summed E-state index contributed by atoms with van der Waals surface area (Å²) in [6.07, 6.45) is 5.20. The molecule has 19 nitrogen and oxygen atoms in total. The molecule has 0 saturated heterocycles. The highest BCUT2D eigenvalue weighted by Crippen LogP contribution is 2.25. The highest BCUT2D eigenvalue weighted by atomic mass is 16.7. The molecule has 0 fully saturated rings. The van der Waals surface area contributed by atoms with Crippen molar-refractivity contribution >= 4 is 35.2 Å². The first-order valence-corrected chi connectivity index (χ1v) is 24.5. The van der Waals surface area contributed by atoms with Gasteiger partial charge in [-0.05, 0) is 178 Å². The molecule has 77 heavy (non-hydrogen) atoms. The maximum atomic E-state index is 11.1. The second kappa shape index (κ2) is 30.5. The summed E-state index contributed by atoms with van der Waals surface area (Å²) in [4.78, 5) is 35.6. The predicted molar refractivity (Wildman–Crippen MR) is 286 cm³/mol. The van der Waals surface area contributed by atoms with Crippen LogP contribution < -0.4 is 58.0 Å². The third-order valence-corrected chi connectivity index (χ3v) is 10.5. The topological polar surface area (TPSA) is 208 Å². The maximum absolute atomic E-state index is 11.1. The Morgan fingerprint density at radius 1 is 0.364 bits per heavy atom. The maximum Gasteiger partial charge on any atom is 0.330 e. The van der Waals surface area contributed by atoms with Crippen LogP contribution in [0.25, 0.3) is 0 Å². The summed E-state index contributed by atoms with van der Waals surface area (Å²) in [7, 11) is 0. The minimum Gasteiger partial charge on any atom is -0.494 e. The number of nitrogens with one attached hydrogen (secondary N) is 2. The largest absolute Gasteiger partial charge is 0.494 e. The van der Waals surface area contributed by atoms with Gasteiger partial charge in [-0.3, -0.25) is 0 Å². The Labute approximate surface area is 446 Å². The normalized spacial score (nSPS) is 10.5. The summed E-state index contributed by atoms with van der Waals surface area (Å²) < 4.78 is 67.3. The third-order valence-electron chi connectivity index (χ3n) is 10.5. The highest BCUT2D eigenvalue weighted by molar-refractivity contribution is 5.81. The Hall–Kier alpha value is -9.65. The minimum absolute atomic E-state index is 0.00766. The van der Waals surface area contributed by atoms with Crippen molar-refractivity contribution in [2.75, 3.05) is 64.2 Å². The number of hydrogen-bond donors (Lipinski definition) is 2. The van der Waals surface area contributed by atoms with Gasteiger partial charge >= 0.3 is 11.9 Å². The molecular formula is C58H59N5O14. The van der Waals surface area contributed by atoms with E-state index in [4.69, 9.17) is 56.8 Å². The van der Waals surface area contributed by atoms with Gasteiger partial charge in [0.25, 0.3) is 0 Å². The second-order valence-corrected chi connectivity index (χ2v) is 16.2. The van der Waals surface area contributed by atoms with Crippen LogP contribution >= 0.6 is 0 Å². The number of nitrogens with zero attached hydrogens (tertiary/aromatic N) is 3. The molecule has 0 radical (unpaired) electrons. The van der Waals surface area contributed by atoms with E-state index in [-0.39, 0.29) is 27.2 Å². The third kappa shape index (κ3) is 20.3. The fourth-order valence-electron chi connectivity index (χ4n) is 6.56. The van der Waals surface area contributed by atoms with E-state index >= 15 is 0 Å². The van der Waals surface area contributed by atoms with Gasteiger partial charge < -0.3 is 67.5 Å². The molecule has 2 N–H and O–H groups in total. The molecule has 7 rings (SSSR count). The Morgan fingerprint density at radius 2 is 0.597 bits per heavy atom. The minimum atomic E-state index is -0.424. The number of anilines is 4. The molecule has 6 aromatic carbocycles. The van der Waals surface area contributed by atoms with E-state index in [0.717, 1.165) is 36.4 Å². The lowest BCUT2D eigenvalue weighted by molar-refractivity contribution is -0.138. The van der Waals surface area contributed by atoms with Crippen molar-refractivity contribution in [1.82, 2.24) is 15.0 Å². The smallest absolute Gasteiger partial charge is 0.330 e. The SMILES string of the molecule is C=CC(=O)OCCCCOc1ccc(OCOc2ccc(OCOc3ccc(Nc4nc(C)nc(Nc5ccc(OCOc6ccc(OCOc7ccc(OCCCCOC(=O)C=C)cc7)cc6)cc5)n4)cc3)cc2)cc1. The lowest BCUT2D eigenvalue weighted by atomic mass is 10.3. The van der Waals surface area contributed by atoms with Crippen LogP contribution in [0.5, 0.6) is 57.5 Å². The Balaban J connectivity index is 0.737. The first-order chi connectivity index (χ1) is 37.7. The monoisotopic (exact) mass is 1050 g/mol. The summed E-state index contributed by atoms with van der Waals surface area (Å²) in [5.41, 5.74) is 1.49. The van der Waals surface area contributed by atoms with Crippen LogP contribution in [0.3, 0.4) is 0 Å². The second-order valence-electron chi connectivity index (χ2n) is 16.2. The number of unbranched alkanes of at least 4 members (excludes halogenated alkanes) is 2. The molecule has 0 aliphatic heterocycles. The highest BCUT2D eigenvalue weighted by Gasteiger charge is 2.08. The molecular weight excluding hydrogens is 991 g/mol. The van der Waals surface area contributed by atoms with Crippen LogP contribution in [-0.2, 0) is 19.1 Å². The fraction of sp³-hybridized carbons (Fsp3) is 0.224. The van der Waals surface area contributed by atoms with Crippen molar-refractivity contribution < 1.29 is 66.4 Å². The van der Waals surface area contributed by atoms with Gasteiger partial charge in [0, 0.05) is 23.5 Å². The Morgan fingerprint density at radius 3 is 0.857 bits per heavy atom. The number of carbonyl (C=O) groups excluding carboxylic acids is 2. The molecule has 0 aliphatic carbocycles. The molecule has 0 amide bonds. The van der Waals surface area contributed by atoms with Crippen LogP contribution in [0.15, 0.2) is 171 Å². The van der Waals surface area contributed by atoms with Crippen molar-refractivity contribution in [3.63, 3.8) is 0 Å². The van der Waals surface area contributed by atoms with Gasteiger partial charge in [0.2, 0.25) is 39.1 Å². The van der Waals surface area contributed by atoms with Gasteiger partial charge in [0.1, 0.15) is 63.3 Å². The average molecular weight is 1050 g/mol. The molecule has 0 aliphatic rings. The van der Waals surface area contributed by atoms with Crippen molar-refractivity contribution in [2.24, 2.45) is 0 Å². The van der Waals surface area contributed by atoms with Gasteiger partial charge in [-0.25, -0.2) is 9.59 Å². The number of benzene rings is 6. The van der Waals surface area contributed by atoms with Crippen LogP contribution in [0.2, 0.25) is 0 Å². The number of aromatic nitrogens is 3. The van der Waals surface area contributed by atoms with Gasteiger partial charge in [-0.2, -0.15) is 15.0 Å². The fourth-order valence-corrected chi connectivity index (χ4v) is 6.56. The van der Waals surface area contributed by atoms with Crippen LogP contribution in [0, 0.1) is 6.92 Å². The Kier molecular flexibility index (Phi) is 21.8. The predicted octanol–water partition coefficient (Wildman–Crippen LogP) is 11.1. The number of hydrogen-bond acceptors (Lipinski definition) is 19. The molecule has 1 heterocycles. The molecule has 0 atom stereocenters. The van der Waals surface area contributed by atoms with Gasteiger partial charge in [-0.15, -0.1) is 0 Å². The molecule has 0 saturated carbocycles. The lowest BCUT2D eigenvalue weighted by Crippen LogP contribution is -2.07. The van der Waals surface area contributed by atoms with E-state index in [1.165, 1.54) is 0 Å². The zero-order chi connectivity index (χ0) is 53.7. The van der Waals surface area contributed by atoms with E-state index in [9.17, 15) is 9.59 Å². The lowest BCUT2D eigenvalue weighted by Gasteiger charge is -2.12. The first kappa shape index (κ1) is 55.1. The molecule has 0 unspecified atom stereocenters. The van der Waals surface area contributed by atoms with Crippen LogP contribution in [0.4, 0.5) is 23.3 Å². The van der Waals surface area contributed by atoms with Gasteiger partial charge in [0.15, 0.2) is 0 Å². The summed E-state index contributed by atoms with van der Waals surface area (Å²) in [5, 5.41) is 6.43. The number of rotatable bonds is 34. The summed E-state index contributed by atoms with van der Waals surface area (Å²) in [6.45, 7) is 10.2. The molecule has 400 valence electrons. The number of carbonyl (C=O) groups is 2. The molecule has 0 bridgehead atoms. The standard InChI is InChI=1S/C58H59N5O14/c1-4-55(64)68-36-8-6-34-66-45-18-22-49(23-19-45)74-40-76-53-30-26-51(27-31-53)72-38-70-47-14-10-43(11-15-47)61-57-59-42(3)60-58(63-57)62-44-12-16-48(17-13-44)71-39-73-52-28-32-54(33-29-52)77-41-75-50-24-20-46(21-25-50)67-35-7-9-37-69-56(65)5-2/h4-5,10-33H,1-2,6-9,34-41H2,3H3,(H2,59,60,61,62,63). The molecule has 0 spiro atoms. The summed E-state index contributed by atoms with van der Waals surface area (Å²) in [6, 6.07) is 43.3. The molecule has 7 aromatic rings. The van der Waals surface area contributed by atoms with Crippen molar-refractivity contribution in [3.05, 3.63) is 177 Å². The van der Waals surface area contributed by atoms with Crippen LogP contribution in [0.1, 0.15) is 31.5 Å².